The van der Waals surface area contributed by atoms with Gasteiger partial charge in [0, 0.05) is 59.5 Å². The topological polar surface area (TPSA) is 254 Å². The summed E-state index contributed by atoms with van der Waals surface area (Å²) in [6, 6.07) is 11.1. The summed E-state index contributed by atoms with van der Waals surface area (Å²) in [6.07, 6.45) is 10.1. The van der Waals surface area contributed by atoms with Crippen molar-refractivity contribution in [3.05, 3.63) is 48.5 Å². The van der Waals surface area contributed by atoms with E-state index in [2.05, 4.69) is 29.8 Å². The molecule has 0 saturated heterocycles. The van der Waals surface area contributed by atoms with Crippen LogP contribution in [-0.2, 0) is 49.3 Å². The fourth-order valence-corrected chi connectivity index (χ4v) is 6.41. The van der Waals surface area contributed by atoms with E-state index in [-0.39, 0.29) is 33.9 Å². The molecule has 2 aromatic rings. The molecular formula is C41H74N3O14S3-3. The van der Waals surface area contributed by atoms with Gasteiger partial charge in [0.2, 0.25) is 0 Å². The summed E-state index contributed by atoms with van der Waals surface area (Å²) in [5.74, 6) is 0.206. The Morgan fingerprint density at radius 1 is 0.525 bits per heavy atom. The molecule has 4 atom stereocenters. The number of hydrogen-bond donors (Lipinski definition) is 3. The van der Waals surface area contributed by atoms with E-state index in [1.54, 1.807) is 40.6 Å². The van der Waals surface area contributed by atoms with Gasteiger partial charge < -0.3 is 53.3 Å². The number of ether oxygens (including phenoxy) is 5. The van der Waals surface area contributed by atoms with Crippen molar-refractivity contribution in [1.29, 1.82) is 0 Å². The van der Waals surface area contributed by atoms with Crippen LogP contribution in [0.5, 0.6) is 5.75 Å². The molecule has 20 heteroatoms. The standard InChI is InChI=1S/C11H17NO4S.C11H25NO.C11H16O5S.C8H19NO4S/c1-3-10(16-2)8-12-9-4-6-11(7-5-9)17(13,14)15;1-4-6-7-8-9-12-10-11(5-2)13-3;1-3-9(15-2)8-16-10-4-6-11(7-5-10)17(12,13)14;1-3-8(13-2)7-9-5-4-6-14(10,11)12/h4-7,10,12H,3,8H2,1-2H3,(H,13,14,15);11-12H,4-10H2,1-3H3;4-7,9H,3,8H2,1-2H3,(H,12,13,14);8-9H,3-7H2,1-2H3,(H,10,11,12)/p-3. The van der Waals surface area contributed by atoms with Gasteiger partial charge in [0.1, 0.15) is 32.6 Å². The van der Waals surface area contributed by atoms with E-state index in [9.17, 15) is 38.9 Å². The molecule has 0 saturated carbocycles. The summed E-state index contributed by atoms with van der Waals surface area (Å²) < 4.78 is 121. The second-order valence-corrected chi connectivity index (χ2v) is 18.0. The van der Waals surface area contributed by atoms with Crippen LogP contribution in [0.3, 0.4) is 0 Å². The van der Waals surface area contributed by atoms with Gasteiger partial charge in [0.25, 0.3) is 0 Å². The highest BCUT2D eigenvalue weighted by Crippen LogP contribution is 2.17. The number of benzene rings is 2. The van der Waals surface area contributed by atoms with Crippen LogP contribution < -0.4 is 20.7 Å². The van der Waals surface area contributed by atoms with Gasteiger partial charge >= 0.3 is 0 Å². The van der Waals surface area contributed by atoms with Gasteiger partial charge in [-0.15, -0.1) is 0 Å². The van der Waals surface area contributed by atoms with Crippen molar-refractivity contribution in [3.63, 3.8) is 0 Å². The maximum absolute atomic E-state index is 10.7. The van der Waals surface area contributed by atoms with E-state index in [4.69, 9.17) is 23.7 Å². The Bertz CT molecular complexity index is 1560. The Morgan fingerprint density at radius 2 is 0.934 bits per heavy atom. The van der Waals surface area contributed by atoms with Gasteiger partial charge in [-0.05, 0) is 100 Å². The number of methoxy groups -OCH3 is 4. The van der Waals surface area contributed by atoms with E-state index in [0.717, 1.165) is 44.5 Å². The van der Waals surface area contributed by atoms with E-state index < -0.39 is 30.4 Å². The van der Waals surface area contributed by atoms with Crippen molar-refractivity contribution in [2.45, 2.75) is 127 Å². The minimum Gasteiger partial charge on any atom is -0.748 e. The number of rotatable bonds is 29. The van der Waals surface area contributed by atoms with E-state index in [1.807, 2.05) is 20.8 Å². The van der Waals surface area contributed by atoms with Gasteiger partial charge in [0.05, 0.1) is 44.3 Å². The third kappa shape index (κ3) is 33.7. The molecule has 0 aliphatic carbocycles. The molecule has 0 amide bonds. The predicted octanol–water partition coefficient (Wildman–Crippen LogP) is 5.34. The third-order valence-corrected chi connectivity index (χ3v) is 11.6. The smallest absolute Gasteiger partial charge is 0.124 e. The molecule has 358 valence electrons. The van der Waals surface area contributed by atoms with Gasteiger partial charge in [-0.25, -0.2) is 25.3 Å². The van der Waals surface area contributed by atoms with Crippen LogP contribution >= 0.6 is 0 Å². The highest BCUT2D eigenvalue weighted by Gasteiger charge is 2.08. The predicted molar refractivity (Wildman–Crippen MR) is 236 cm³/mol. The molecule has 0 bridgehead atoms. The molecule has 0 aliphatic rings. The largest absolute Gasteiger partial charge is 0.748 e. The van der Waals surface area contributed by atoms with Crippen LogP contribution in [0, 0.1) is 0 Å². The minimum atomic E-state index is -4.39. The van der Waals surface area contributed by atoms with E-state index in [0.29, 0.717) is 44.5 Å². The Hall–Kier alpha value is -2.47. The molecule has 3 N–H and O–H groups in total. The van der Waals surface area contributed by atoms with Crippen LogP contribution in [0.2, 0.25) is 0 Å². The van der Waals surface area contributed by atoms with Gasteiger partial charge in [-0.1, -0.05) is 53.9 Å². The Labute approximate surface area is 367 Å². The summed E-state index contributed by atoms with van der Waals surface area (Å²) in [5, 5.41) is 9.56. The van der Waals surface area contributed by atoms with Crippen molar-refractivity contribution < 1.29 is 62.6 Å². The van der Waals surface area contributed by atoms with E-state index >= 15 is 0 Å². The molecular weight excluding hydrogens is 855 g/mol. The van der Waals surface area contributed by atoms with Gasteiger partial charge in [-0.2, -0.15) is 0 Å². The lowest BCUT2D eigenvalue weighted by atomic mass is 10.2. The SMILES string of the molecule is CCC(CNCCCS(=O)(=O)[O-])OC.CCC(CNc1ccc(S(=O)(=O)[O-])cc1)OC.CCC(COc1ccc(S(=O)(=O)[O-])cc1)OC.CCCCCCNCC(CC)OC. The zero-order valence-corrected chi connectivity index (χ0v) is 40.1. The normalized spacial score (nSPS) is 13.5. The van der Waals surface area contributed by atoms with E-state index in [1.165, 1.54) is 62.1 Å². The molecule has 0 aromatic heterocycles. The highest BCUT2D eigenvalue weighted by atomic mass is 32.2. The van der Waals surface area contributed by atoms with Crippen molar-refractivity contribution in [3.8, 4) is 5.75 Å². The highest BCUT2D eigenvalue weighted by molar-refractivity contribution is 7.86. The van der Waals surface area contributed by atoms with Crippen molar-refractivity contribution in [2.75, 3.05) is 78.8 Å². The quantitative estimate of drug-likeness (QED) is 0.0687. The van der Waals surface area contributed by atoms with Gasteiger partial charge in [0.15, 0.2) is 0 Å². The first kappa shape index (κ1) is 60.6. The van der Waals surface area contributed by atoms with Crippen LogP contribution in [-0.4, -0.2) is 137 Å². The van der Waals surface area contributed by atoms with Crippen LogP contribution in [0.1, 0.15) is 92.4 Å². The number of hydrogen-bond acceptors (Lipinski definition) is 17. The number of unbranched alkanes of at least 4 members (excludes halogenated alkanes) is 3. The first-order valence-electron chi connectivity index (χ1n) is 20.7. The second kappa shape index (κ2) is 35.9. The Balaban J connectivity index is 0. The molecule has 0 radical (unpaired) electrons. The molecule has 0 aliphatic heterocycles. The molecule has 0 fully saturated rings. The van der Waals surface area contributed by atoms with Crippen LogP contribution in [0.4, 0.5) is 5.69 Å². The van der Waals surface area contributed by atoms with Gasteiger partial charge in [-0.3, -0.25) is 0 Å². The summed E-state index contributed by atoms with van der Waals surface area (Å²) in [5.41, 5.74) is 0.757. The minimum absolute atomic E-state index is 0.00193. The average molecular weight is 929 g/mol. The Kier molecular flexibility index (Phi) is 35.7. The fourth-order valence-electron chi connectivity index (χ4n) is 4.98. The molecule has 2 rings (SSSR count). The van der Waals surface area contributed by atoms with Crippen molar-refractivity contribution in [2.24, 2.45) is 0 Å². The average Bonchev–Trinajstić information content (AvgIpc) is 3.23. The molecule has 0 heterocycles. The number of nitrogens with one attached hydrogen (secondary N) is 3. The zero-order chi connectivity index (χ0) is 46.7. The lowest BCUT2D eigenvalue weighted by Crippen LogP contribution is -2.29. The van der Waals surface area contributed by atoms with Crippen molar-refractivity contribution in [1.82, 2.24) is 10.6 Å². The fraction of sp³-hybridized carbons (Fsp3) is 0.707. The summed E-state index contributed by atoms with van der Waals surface area (Å²) >= 11 is 0. The Morgan fingerprint density at radius 3 is 1.31 bits per heavy atom. The second-order valence-electron chi connectivity index (χ2n) is 13.7. The number of anilines is 1. The summed E-state index contributed by atoms with van der Waals surface area (Å²) in [7, 11) is -6.15. The molecule has 61 heavy (non-hydrogen) atoms. The van der Waals surface area contributed by atoms with Crippen LogP contribution in [0.25, 0.3) is 0 Å². The zero-order valence-electron chi connectivity index (χ0n) is 37.7. The maximum atomic E-state index is 10.7. The first-order chi connectivity index (χ1) is 28.8. The molecule has 4 unspecified atom stereocenters. The third-order valence-electron chi connectivity index (χ3n) is 9.08. The maximum Gasteiger partial charge on any atom is 0.124 e. The lowest BCUT2D eigenvalue weighted by Gasteiger charge is -2.15. The summed E-state index contributed by atoms with van der Waals surface area (Å²) in [4.78, 5) is -0.481. The van der Waals surface area contributed by atoms with Crippen LogP contribution in [0.15, 0.2) is 58.3 Å². The lowest BCUT2D eigenvalue weighted by molar-refractivity contribution is 0.0555. The molecule has 2 aromatic carbocycles. The summed E-state index contributed by atoms with van der Waals surface area (Å²) in [6.45, 7) is 14.8. The molecule has 17 nitrogen and oxygen atoms in total. The first-order valence-corrected chi connectivity index (χ1v) is 25.1. The monoisotopic (exact) mass is 928 g/mol. The molecule has 0 spiro atoms. The van der Waals surface area contributed by atoms with Crippen molar-refractivity contribution >= 4 is 36.0 Å².